The number of guanidine groups is 1. The lowest BCUT2D eigenvalue weighted by Gasteiger charge is -2.24. The topological polar surface area (TPSA) is 273 Å². The van der Waals surface area contributed by atoms with Crippen LogP contribution in [-0.2, 0) is 30.4 Å². The van der Waals surface area contributed by atoms with Crippen molar-refractivity contribution in [3.63, 3.8) is 0 Å². The zero-order valence-corrected chi connectivity index (χ0v) is 20.0. The number of benzene rings is 1. The highest BCUT2D eigenvalue weighted by molar-refractivity contribution is 5.95. The van der Waals surface area contributed by atoms with Crippen molar-refractivity contribution in [1.82, 2.24) is 16.0 Å². The molecule has 0 aliphatic rings. The van der Waals surface area contributed by atoms with E-state index in [4.69, 9.17) is 32.5 Å². The fourth-order valence-corrected chi connectivity index (χ4v) is 3.10. The molecule has 15 nitrogen and oxygen atoms in total. The highest BCUT2D eigenvalue weighted by Crippen LogP contribution is 2.06. The molecule has 204 valence electrons. The van der Waals surface area contributed by atoms with E-state index in [1.54, 1.807) is 30.3 Å². The minimum atomic E-state index is -1.71. The Bertz CT molecular complexity index is 969. The summed E-state index contributed by atoms with van der Waals surface area (Å²) >= 11 is 0. The minimum absolute atomic E-state index is 0.0189. The van der Waals surface area contributed by atoms with Crippen LogP contribution in [0.3, 0.4) is 0 Å². The zero-order valence-electron chi connectivity index (χ0n) is 20.0. The van der Waals surface area contributed by atoms with Crippen LogP contribution in [0.2, 0.25) is 0 Å². The number of nitrogens with two attached hydrogens (primary N) is 3. The summed E-state index contributed by atoms with van der Waals surface area (Å²) in [4.78, 5) is 64.4. The zero-order chi connectivity index (χ0) is 28.0. The van der Waals surface area contributed by atoms with Gasteiger partial charge in [-0.2, -0.15) is 0 Å². The van der Waals surface area contributed by atoms with Gasteiger partial charge in [-0.1, -0.05) is 30.3 Å². The lowest BCUT2D eigenvalue weighted by molar-refractivity contribution is -0.144. The number of carbonyl (C=O) groups is 5. The van der Waals surface area contributed by atoms with Crippen molar-refractivity contribution in [2.75, 3.05) is 13.2 Å². The summed E-state index contributed by atoms with van der Waals surface area (Å²) in [5.74, 6) is -5.83. The van der Waals surface area contributed by atoms with Crippen molar-refractivity contribution in [2.45, 2.75) is 49.9 Å². The van der Waals surface area contributed by atoms with Gasteiger partial charge in [0, 0.05) is 13.0 Å². The van der Waals surface area contributed by atoms with Gasteiger partial charge >= 0.3 is 11.9 Å². The van der Waals surface area contributed by atoms with Crippen LogP contribution < -0.4 is 33.2 Å². The van der Waals surface area contributed by atoms with Crippen molar-refractivity contribution in [3.05, 3.63) is 35.9 Å². The Kier molecular flexibility index (Phi) is 13.1. The van der Waals surface area contributed by atoms with Crippen molar-refractivity contribution in [2.24, 2.45) is 22.2 Å². The number of carboxylic acids is 2. The van der Waals surface area contributed by atoms with Crippen LogP contribution in [0, 0.1) is 0 Å². The number of aliphatic imine (C=N–C) groups is 1. The summed E-state index contributed by atoms with van der Waals surface area (Å²) in [6, 6.07) is 2.89. The Balaban J connectivity index is 3.02. The molecule has 1 aromatic carbocycles. The number of hydrogen-bond donors (Lipinski definition) is 9. The van der Waals surface area contributed by atoms with E-state index in [9.17, 15) is 24.0 Å². The van der Waals surface area contributed by atoms with Crippen LogP contribution in [-0.4, -0.2) is 88.3 Å². The summed E-state index contributed by atoms with van der Waals surface area (Å²) in [7, 11) is 0. The first-order valence-electron chi connectivity index (χ1n) is 11.3. The van der Waals surface area contributed by atoms with Crippen molar-refractivity contribution in [3.8, 4) is 0 Å². The maximum absolute atomic E-state index is 13.1. The third-order valence-corrected chi connectivity index (χ3v) is 5.03. The molecule has 0 saturated heterocycles. The highest BCUT2D eigenvalue weighted by Gasteiger charge is 2.31. The monoisotopic (exact) mass is 523 g/mol. The quantitative estimate of drug-likeness (QED) is 0.0585. The molecule has 0 spiro atoms. The molecule has 0 aliphatic heterocycles. The average molecular weight is 524 g/mol. The number of rotatable bonds is 16. The Morgan fingerprint density at radius 2 is 1.43 bits per heavy atom. The van der Waals surface area contributed by atoms with Gasteiger partial charge in [-0.15, -0.1) is 0 Å². The van der Waals surface area contributed by atoms with Gasteiger partial charge in [-0.05, 0) is 18.4 Å². The SMILES string of the molecule is NC(N)=NCCC[C@@H](N)C(=O)N[C@H](Cc1ccccc1)C(=O)N[C@@H](CC(=O)O)C(=O)N[C@@H](CO)C(=O)O. The van der Waals surface area contributed by atoms with Gasteiger partial charge in [0.05, 0.1) is 19.1 Å². The van der Waals surface area contributed by atoms with Gasteiger partial charge in [0.25, 0.3) is 0 Å². The number of aliphatic hydroxyl groups is 1. The number of aliphatic carboxylic acids is 2. The molecule has 0 saturated carbocycles. The molecule has 1 rings (SSSR count). The number of nitrogens with one attached hydrogen (secondary N) is 3. The fraction of sp³-hybridized carbons (Fsp3) is 0.455. The van der Waals surface area contributed by atoms with Crippen molar-refractivity contribution < 1.29 is 39.3 Å². The van der Waals surface area contributed by atoms with Gasteiger partial charge < -0.3 is 48.5 Å². The minimum Gasteiger partial charge on any atom is -0.481 e. The maximum Gasteiger partial charge on any atom is 0.328 e. The van der Waals surface area contributed by atoms with Crippen LogP contribution in [0.1, 0.15) is 24.8 Å². The third-order valence-electron chi connectivity index (χ3n) is 5.03. The summed E-state index contributed by atoms with van der Waals surface area (Å²) in [6.07, 6.45) is -0.316. The average Bonchev–Trinajstić information content (AvgIpc) is 2.83. The molecule has 4 atom stereocenters. The van der Waals surface area contributed by atoms with Gasteiger partial charge in [0.15, 0.2) is 5.96 Å². The molecule has 1 aromatic rings. The number of carboxylic acid groups (broad SMARTS) is 2. The molecule has 0 unspecified atom stereocenters. The van der Waals surface area contributed by atoms with E-state index in [0.717, 1.165) is 0 Å². The van der Waals surface area contributed by atoms with Crippen molar-refractivity contribution >= 4 is 35.6 Å². The Hall–Kier alpha value is -4.24. The van der Waals surface area contributed by atoms with E-state index in [2.05, 4.69) is 15.6 Å². The maximum atomic E-state index is 13.1. The second kappa shape index (κ2) is 15.7. The van der Waals surface area contributed by atoms with Crippen LogP contribution >= 0.6 is 0 Å². The molecule has 0 fully saturated rings. The molecule has 0 bridgehead atoms. The molecular formula is C22H33N7O8. The molecule has 0 heterocycles. The van der Waals surface area contributed by atoms with Crippen LogP contribution in [0.4, 0.5) is 0 Å². The van der Waals surface area contributed by atoms with E-state index in [1.165, 1.54) is 0 Å². The standard InChI is InChI=1S/C22H33N7O8/c23-13(7-4-8-26-22(24)25)18(33)27-14(9-12-5-2-1-3-6-12)19(34)28-15(10-17(31)32)20(35)29-16(11-30)21(36)37/h1-3,5-6,13-16,30H,4,7-11,23H2,(H,27,33)(H,28,34)(H,29,35)(H,31,32)(H,36,37)(H4,24,25,26)/t13-,14-,15+,16+/m1/s1. The second-order valence-electron chi connectivity index (χ2n) is 8.05. The number of aliphatic hydroxyl groups excluding tert-OH is 1. The summed E-state index contributed by atoms with van der Waals surface area (Å²) in [6.45, 7) is -0.711. The van der Waals surface area contributed by atoms with E-state index in [-0.39, 0.29) is 25.3 Å². The van der Waals surface area contributed by atoms with E-state index < -0.39 is 66.9 Å². The second-order valence-corrected chi connectivity index (χ2v) is 8.05. The number of hydrogen-bond acceptors (Lipinski definition) is 8. The first-order valence-corrected chi connectivity index (χ1v) is 11.3. The smallest absolute Gasteiger partial charge is 0.328 e. The Labute approximate surface area is 212 Å². The molecule has 0 radical (unpaired) electrons. The van der Waals surface area contributed by atoms with E-state index in [0.29, 0.717) is 12.0 Å². The van der Waals surface area contributed by atoms with Crippen LogP contribution in [0.5, 0.6) is 0 Å². The van der Waals surface area contributed by atoms with Crippen molar-refractivity contribution in [1.29, 1.82) is 0 Å². The first kappa shape index (κ1) is 30.8. The number of carbonyl (C=O) groups excluding carboxylic acids is 3. The van der Waals surface area contributed by atoms with Gasteiger partial charge in [-0.25, -0.2) is 4.79 Å². The lowest BCUT2D eigenvalue weighted by atomic mass is 10.0. The molecular weight excluding hydrogens is 490 g/mol. The van der Waals surface area contributed by atoms with E-state index >= 15 is 0 Å². The van der Waals surface area contributed by atoms with Crippen LogP contribution in [0.15, 0.2) is 35.3 Å². The summed E-state index contributed by atoms with van der Waals surface area (Å²) in [5, 5.41) is 34.0. The van der Waals surface area contributed by atoms with Gasteiger partial charge in [0.2, 0.25) is 17.7 Å². The Morgan fingerprint density at radius 1 is 0.865 bits per heavy atom. The molecule has 15 heteroatoms. The largest absolute Gasteiger partial charge is 0.481 e. The fourth-order valence-electron chi connectivity index (χ4n) is 3.10. The summed E-state index contributed by atoms with van der Waals surface area (Å²) < 4.78 is 0. The molecule has 12 N–H and O–H groups in total. The van der Waals surface area contributed by atoms with Crippen LogP contribution in [0.25, 0.3) is 0 Å². The van der Waals surface area contributed by atoms with Gasteiger partial charge in [0.1, 0.15) is 18.1 Å². The predicted molar refractivity (Wildman–Crippen MR) is 131 cm³/mol. The predicted octanol–water partition coefficient (Wildman–Crippen LogP) is -3.38. The molecule has 0 aromatic heterocycles. The van der Waals surface area contributed by atoms with E-state index in [1.807, 2.05) is 5.32 Å². The number of amides is 3. The first-order chi connectivity index (χ1) is 17.4. The molecule has 37 heavy (non-hydrogen) atoms. The lowest BCUT2D eigenvalue weighted by Crippen LogP contribution is -2.58. The molecule has 3 amide bonds. The Morgan fingerprint density at radius 3 is 1.97 bits per heavy atom. The highest BCUT2D eigenvalue weighted by atomic mass is 16.4. The number of nitrogens with zero attached hydrogens (tertiary/aromatic N) is 1. The third kappa shape index (κ3) is 11.8. The normalized spacial score (nSPS) is 13.8. The molecule has 0 aliphatic carbocycles. The summed E-state index contributed by atoms with van der Waals surface area (Å²) in [5.41, 5.74) is 17.1. The van der Waals surface area contributed by atoms with Gasteiger partial charge in [-0.3, -0.25) is 24.2 Å².